The van der Waals surface area contributed by atoms with Crippen LogP contribution in [0.25, 0.3) is 10.3 Å². The number of benzene rings is 2. The molecule has 0 aliphatic carbocycles. The van der Waals surface area contributed by atoms with Gasteiger partial charge in [0.15, 0.2) is 0 Å². The zero-order valence-corrected chi connectivity index (χ0v) is 16.2. The zero-order chi connectivity index (χ0) is 18.8. The number of halogens is 1. The molecule has 1 unspecified atom stereocenters. The van der Waals surface area contributed by atoms with Gasteiger partial charge >= 0.3 is 0 Å². The average molecular weight is 397 g/mol. The van der Waals surface area contributed by atoms with Gasteiger partial charge < -0.3 is 5.73 Å². The number of rotatable bonds is 5. The molecule has 1 atom stereocenters. The monoisotopic (exact) mass is 396 g/mol. The van der Waals surface area contributed by atoms with Gasteiger partial charge in [0.1, 0.15) is 26.2 Å². The first kappa shape index (κ1) is 17.9. The molecule has 4 aromatic rings. The lowest BCUT2D eigenvalue weighted by molar-refractivity contribution is 0.626. The van der Waals surface area contributed by atoms with Gasteiger partial charge in [0, 0.05) is 5.92 Å². The molecule has 2 heterocycles. The highest BCUT2D eigenvalue weighted by Crippen LogP contribution is 2.36. The maximum Gasteiger partial charge on any atom is 0.222 e. The minimum atomic E-state index is -0.246. The molecule has 0 fully saturated rings. The maximum atomic E-state index is 13.4. The van der Waals surface area contributed by atoms with Gasteiger partial charge in [-0.2, -0.15) is 0 Å². The second kappa shape index (κ2) is 7.62. The second-order valence-electron chi connectivity index (χ2n) is 6.09. The molecule has 136 valence electrons. The van der Waals surface area contributed by atoms with E-state index in [0.29, 0.717) is 0 Å². The average Bonchev–Trinajstić information content (AvgIpc) is 3.10. The first-order valence-electron chi connectivity index (χ1n) is 8.41. The van der Waals surface area contributed by atoms with Gasteiger partial charge in [-0.15, -0.1) is 11.8 Å². The Kier molecular flexibility index (Phi) is 5.05. The summed E-state index contributed by atoms with van der Waals surface area (Å²) in [5.41, 5.74) is 8.83. The normalized spacial score (nSPS) is 12.4. The molecule has 0 saturated carbocycles. The Morgan fingerprint density at radius 2 is 1.78 bits per heavy atom. The van der Waals surface area contributed by atoms with Crippen LogP contribution in [-0.2, 0) is 6.42 Å². The van der Waals surface area contributed by atoms with Crippen molar-refractivity contribution in [1.82, 2.24) is 15.0 Å². The number of thioether (sulfide) groups is 1. The van der Waals surface area contributed by atoms with E-state index < -0.39 is 0 Å². The molecule has 27 heavy (non-hydrogen) atoms. The summed E-state index contributed by atoms with van der Waals surface area (Å²) in [5, 5.41) is 1.70. The van der Waals surface area contributed by atoms with Crippen LogP contribution in [0.5, 0.6) is 0 Å². The lowest BCUT2D eigenvalue weighted by Gasteiger charge is -2.15. The van der Waals surface area contributed by atoms with Crippen molar-refractivity contribution in [1.29, 1.82) is 0 Å². The molecule has 4 nitrogen and oxygen atoms in total. The van der Waals surface area contributed by atoms with Gasteiger partial charge in [-0.25, -0.2) is 19.3 Å². The number of fused-ring (bicyclic) bond motifs is 1. The van der Waals surface area contributed by atoms with E-state index in [9.17, 15) is 4.39 Å². The molecule has 0 aliphatic heterocycles. The van der Waals surface area contributed by atoms with Crippen molar-refractivity contribution in [2.24, 2.45) is 0 Å². The summed E-state index contributed by atoms with van der Waals surface area (Å²) in [4.78, 5) is 14.3. The van der Waals surface area contributed by atoms with E-state index in [4.69, 9.17) is 10.7 Å². The predicted molar refractivity (Wildman–Crippen MR) is 110 cm³/mol. The second-order valence-corrected chi connectivity index (χ2v) is 7.89. The topological polar surface area (TPSA) is 64.7 Å². The Bertz CT molecular complexity index is 1060. The SMILES string of the molecule is CSc1nc(N)nc2sc(C(Cc3ccccc3)c3ccc(F)cc3)nc12. The minimum absolute atomic E-state index is 0.00290. The Balaban J connectivity index is 1.82. The van der Waals surface area contributed by atoms with E-state index in [-0.39, 0.29) is 17.7 Å². The summed E-state index contributed by atoms with van der Waals surface area (Å²) >= 11 is 3.02. The molecule has 0 bridgehead atoms. The van der Waals surface area contributed by atoms with Gasteiger partial charge in [0.2, 0.25) is 5.95 Å². The Hall–Kier alpha value is -2.51. The molecule has 0 saturated heterocycles. The number of hydrogen-bond donors (Lipinski definition) is 1. The number of aromatic nitrogens is 3. The highest BCUT2D eigenvalue weighted by molar-refractivity contribution is 7.98. The highest BCUT2D eigenvalue weighted by Gasteiger charge is 2.21. The van der Waals surface area contributed by atoms with E-state index in [2.05, 4.69) is 22.1 Å². The zero-order valence-electron chi connectivity index (χ0n) is 14.6. The lowest BCUT2D eigenvalue weighted by atomic mass is 9.92. The van der Waals surface area contributed by atoms with Crippen LogP contribution in [0.3, 0.4) is 0 Å². The summed E-state index contributed by atoms with van der Waals surface area (Å²) in [7, 11) is 0. The van der Waals surface area contributed by atoms with Gasteiger partial charge in [-0.05, 0) is 35.9 Å². The lowest BCUT2D eigenvalue weighted by Crippen LogP contribution is -2.05. The van der Waals surface area contributed by atoms with Crippen LogP contribution in [0.2, 0.25) is 0 Å². The number of nitrogens with zero attached hydrogens (tertiary/aromatic N) is 3. The maximum absolute atomic E-state index is 13.4. The third-order valence-corrected chi connectivity index (χ3v) is 6.04. The van der Waals surface area contributed by atoms with Crippen LogP contribution in [0.1, 0.15) is 22.1 Å². The van der Waals surface area contributed by atoms with E-state index in [0.717, 1.165) is 32.4 Å². The fraction of sp³-hybridized carbons (Fsp3) is 0.150. The van der Waals surface area contributed by atoms with Crippen molar-refractivity contribution >= 4 is 39.4 Å². The molecule has 2 aromatic heterocycles. The van der Waals surface area contributed by atoms with Crippen molar-refractivity contribution in [3.8, 4) is 0 Å². The molecule has 0 radical (unpaired) electrons. The minimum Gasteiger partial charge on any atom is -0.368 e. The van der Waals surface area contributed by atoms with Crippen LogP contribution in [0.15, 0.2) is 59.6 Å². The number of hydrogen-bond acceptors (Lipinski definition) is 6. The first-order chi connectivity index (χ1) is 13.1. The molecule has 2 aromatic carbocycles. The van der Waals surface area contributed by atoms with Crippen molar-refractivity contribution in [2.75, 3.05) is 12.0 Å². The molecule has 0 aliphatic rings. The van der Waals surface area contributed by atoms with E-state index in [1.165, 1.54) is 40.8 Å². The molecular weight excluding hydrogens is 379 g/mol. The molecule has 4 rings (SSSR count). The van der Waals surface area contributed by atoms with Crippen LogP contribution in [0, 0.1) is 5.82 Å². The quantitative estimate of drug-likeness (QED) is 0.384. The molecule has 2 N–H and O–H groups in total. The van der Waals surface area contributed by atoms with E-state index in [1.54, 1.807) is 0 Å². The van der Waals surface area contributed by atoms with Crippen LogP contribution < -0.4 is 5.73 Å². The van der Waals surface area contributed by atoms with Gasteiger partial charge in [0.25, 0.3) is 0 Å². The molecule has 7 heteroatoms. The van der Waals surface area contributed by atoms with E-state index in [1.807, 2.05) is 36.6 Å². The predicted octanol–water partition coefficient (Wildman–Crippen LogP) is 4.90. The summed E-state index contributed by atoms with van der Waals surface area (Å²) < 4.78 is 13.4. The van der Waals surface area contributed by atoms with Gasteiger partial charge in [0.05, 0.1) is 0 Å². The van der Waals surface area contributed by atoms with Crippen LogP contribution in [-0.4, -0.2) is 21.2 Å². The van der Waals surface area contributed by atoms with Crippen molar-refractivity contribution in [2.45, 2.75) is 17.4 Å². The van der Waals surface area contributed by atoms with Crippen molar-refractivity contribution < 1.29 is 4.39 Å². The summed E-state index contributed by atoms with van der Waals surface area (Å²) in [6.07, 6.45) is 2.71. The third-order valence-electron chi connectivity index (χ3n) is 4.31. The molecular formula is C20H17FN4S2. The Morgan fingerprint density at radius 1 is 1.04 bits per heavy atom. The number of nitrogen functional groups attached to an aromatic ring is 1. The fourth-order valence-electron chi connectivity index (χ4n) is 3.01. The van der Waals surface area contributed by atoms with Crippen LogP contribution in [0.4, 0.5) is 10.3 Å². The first-order valence-corrected chi connectivity index (χ1v) is 10.5. The smallest absolute Gasteiger partial charge is 0.222 e. The highest BCUT2D eigenvalue weighted by atomic mass is 32.2. The van der Waals surface area contributed by atoms with Crippen LogP contribution >= 0.6 is 23.1 Å². The van der Waals surface area contributed by atoms with Crippen molar-refractivity contribution in [3.05, 3.63) is 76.5 Å². The number of thiazole rings is 1. The Labute approximate surface area is 164 Å². The fourth-order valence-corrected chi connectivity index (χ4v) is 4.67. The van der Waals surface area contributed by atoms with Crippen molar-refractivity contribution in [3.63, 3.8) is 0 Å². The standard InChI is InChI=1S/C20H17FN4S2/c1-26-18-16-19(25-20(22)24-18)27-17(23-16)15(11-12-5-3-2-4-6-12)13-7-9-14(21)10-8-13/h2-10,15H,11H2,1H3,(H2,22,24,25). The number of nitrogens with two attached hydrogens (primary N) is 1. The van der Waals surface area contributed by atoms with Gasteiger partial charge in [-0.1, -0.05) is 53.8 Å². The summed E-state index contributed by atoms with van der Waals surface area (Å²) in [6, 6.07) is 16.9. The third kappa shape index (κ3) is 3.79. The number of anilines is 1. The van der Waals surface area contributed by atoms with E-state index >= 15 is 0 Å². The molecule has 0 amide bonds. The van der Waals surface area contributed by atoms with Gasteiger partial charge in [-0.3, -0.25) is 0 Å². The summed E-state index contributed by atoms with van der Waals surface area (Å²) in [6.45, 7) is 0. The largest absolute Gasteiger partial charge is 0.368 e. The Morgan fingerprint density at radius 3 is 2.48 bits per heavy atom. The molecule has 0 spiro atoms. The summed E-state index contributed by atoms with van der Waals surface area (Å²) in [5.74, 6) is 0.0105.